The molecule has 1 amide bonds. The summed E-state index contributed by atoms with van der Waals surface area (Å²) in [4.78, 5) is 21.6. The van der Waals surface area contributed by atoms with E-state index in [-0.39, 0.29) is 11.7 Å². The van der Waals surface area contributed by atoms with Crippen molar-refractivity contribution in [1.29, 1.82) is 0 Å². The molecule has 0 spiro atoms. The molecule has 0 fully saturated rings. The Balaban J connectivity index is 2.81. The topological polar surface area (TPSA) is 60.2 Å². The Morgan fingerprint density at radius 2 is 1.87 bits per heavy atom. The van der Waals surface area contributed by atoms with Crippen molar-refractivity contribution < 1.29 is 9.59 Å². The number of alkyl halides is 1. The molecule has 78 valence electrons. The lowest BCUT2D eigenvalue weighted by atomic mass is 10.1. The summed E-state index contributed by atoms with van der Waals surface area (Å²) in [5.74, 6) is -0.658. The molecule has 0 saturated carbocycles. The minimum atomic E-state index is -0.504. The van der Waals surface area contributed by atoms with E-state index in [4.69, 9.17) is 17.3 Å². The fraction of sp³-hybridized carbons (Fsp3) is 0.0909. The van der Waals surface area contributed by atoms with Crippen molar-refractivity contribution >= 4 is 29.4 Å². The van der Waals surface area contributed by atoms with Crippen LogP contribution < -0.4 is 5.73 Å². The number of hydrogen-bond acceptors (Lipinski definition) is 2. The largest absolute Gasteiger partial charge is 0.366 e. The van der Waals surface area contributed by atoms with Crippen molar-refractivity contribution in [2.75, 3.05) is 5.88 Å². The van der Waals surface area contributed by atoms with E-state index in [9.17, 15) is 9.59 Å². The summed E-state index contributed by atoms with van der Waals surface area (Å²) in [6.45, 7) is 0. The van der Waals surface area contributed by atoms with Crippen LogP contribution in [-0.4, -0.2) is 17.6 Å². The minimum absolute atomic E-state index is 0.0313. The fourth-order valence-electron chi connectivity index (χ4n) is 1.04. The molecule has 0 saturated heterocycles. The SMILES string of the molecule is NC(=O)C=Cc1ccc(C(=O)CCl)cc1. The zero-order valence-corrected chi connectivity index (χ0v) is 8.70. The number of ketones is 1. The van der Waals surface area contributed by atoms with Crippen LogP contribution in [0.25, 0.3) is 6.08 Å². The van der Waals surface area contributed by atoms with Gasteiger partial charge < -0.3 is 5.73 Å². The molecule has 0 radical (unpaired) electrons. The van der Waals surface area contributed by atoms with Crippen LogP contribution in [0.5, 0.6) is 0 Å². The zero-order valence-electron chi connectivity index (χ0n) is 7.94. The second-order valence-corrected chi connectivity index (χ2v) is 3.18. The van der Waals surface area contributed by atoms with Gasteiger partial charge in [-0.3, -0.25) is 9.59 Å². The van der Waals surface area contributed by atoms with Gasteiger partial charge in [-0.05, 0) is 11.6 Å². The summed E-state index contributed by atoms with van der Waals surface area (Å²) in [6, 6.07) is 6.76. The van der Waals surface area contributed by atoms with Gasteiger partial charge in [0.05, 0.1) is 5.88 Å². The average molecular weight is 224 g/mol. The van der Waals surface area contributed by atoms with Crippen LogP contribution in [0, 0.1) is 0 Å². The van der Waals surface area contributed by atoms with Crippen LogP contribution in [0.4, 0.5) is 0 Å². The minimum Gasteiger partial charge on any atom is -0.366 e. The molecule has 3 nitrogen and oxygen atoms in total. The van der Waals surface area contributed by atoms with Gasteiger partial charge in [0.15, 0.2) is 5.78 Å². The van der Waals surface area contributed by atoms with Crippen LogP contribution in [-0.2, 0) is 4.79 Å². The second kappa shape index (κ2) is 5.32. The van der Waals surface area contributed by atoms with Gasteiger partial charge >= 0.3 is 0 Å². The third-order valence-electron chi connectivity index (χ3n) is 1.79. The molecule has 0 atom stereocenters. The molecule has 0 aliphatic rings. The van der Waals surface area contributed by atoms with Crippen LogP contribution in [0.15, 0.2) is 30.3 Å². The number of halogens is 1. The van der Waals surface area contributed by atoms with Crippen molar-refractivity contribution in [2.45, 2.75) is 0 Å². The predicted molar refractivity (Wildman–Crippen MR) is 59.7 cm³/mol. The molecule has 2 N–H and O–H groups in total. The smallest absolute Gasteiger partial charge is 0.241 e. The van der Waals surface area contributed by atoms with Crippen LogP contribution in [0.3, 0.4) is 0 Å². The number of amides is 1. The molecule has 1 rings (SSSR count). The van der Waals surface area contributed by atoms with Crippen molar-refractivity contribution in [2.24, 2.45) is 5.73 Å². The maximum Gasteiger partial charge on any atom is 0.241 e. The Morgan fingerprint density at radius 3 is 2.33 bits per heavy atom. The quantitative estimate of drug-likeness (QED) is 0.479. The lowest BCUT2D eigenvalue weighted by Crippen LogP contribution is -2.05. The van der Waals surface area contributed by atoms with Gasteiger partial charge in [-0.25, -0.2) is 0 Å². The summed E-state index contributed by atoms with van der Waals surface area (Å²) in [6.07, 6.45) is 2.84. The molecule has 1 aromatic carbocycles. The molecular weight excluding hydrogens is 214 g/mol. The zero-order chi connectivity index (χ0) is 11.3. The molecule has 4 heteroatoms. The average Bonchev–Trinajstić information content (AvgIpc) is 2.26. The molecule has 1 aromatic rings. The van der Waals surface area contributed by atoms with E-state index in [1.165, 1.54) is 6.08 Å². The molecule has 0 aromatic heterocycles. The Bertz CT molecular complexity index is 396. The second-order valence-electron chi connectivity index (χ2n) is 2.91. The van der Waals surface area contributed by atoms with Crippen LogP contribution in [0.2, 0.25) is 0 Å². The van der Waals surface area contributed by atoms with E-state index < -0.39 is 5.91 Å². The van der Waals surface area contributed by atoms with Crippen LogP contribution in [0.1, 0.15) is 15.9 Å². The van der Waals surface area contributed by atoms with Crippen molar-refractivity contribution in [1.82, 2.24) is 0 Å². The highest BCUT2D eigenvalue weighted by atomic mass is 35.5. The maximum atomic E-state index is 11.2. The Hall–Kier alpha value is -1.61. The third-order valence-corrected chi connectivity index (χ3v) is 2.04. The van der Waals surface area contributed by atoms with E-state index in [0.717, 1.165) is 5.56 Å². The number of primary amides is 1. The summed E-state index contributed by atoms with van der Waals surface area (Å²) >= 11 is 5.40. The molecule has 0 aliphatic carbocycles. The first-order chi connectivity index (χ1) is 7.13. The number of benzene rings is 1. The summed E-state index contributed by atoms with van der Waals surface area (Å²) in [7, 11) is 0. The number of carbonyl (C=O) groups is 2. The third kappa shape index (κ3) is 3.56. The van der Waals surface area contributed by atoms with E-state index in [1.54, 1.807) is 30.3 Å². The highest BCUT2D eigenvalue weighted by Crippen LogP contribution is 2.07. The fourth-order valence-corrected chi connectivity index (χ4v) is 1.19. The Labute approximate surface area is 92.5 Å². The van der Waals surface area contributed by atoms with E-state index in [0.29, 0.717) is 5.56 Å². The van der Waals surface area contributed by atoms with E-state index >= 15 is 0 Å². The number of hydrogen-bond donors (Lipinski definition) is 1. The monoisotopic (exact) mass is 223 g/mol. The Morgan fingerprint density at radius 1 is 1.27 bits per heavy atom. The number of Topliss-reactive ketones (excluding diaryl/α,β-unsaturated/α-hetero) is 1. The van der Waals surface area contributed by atoms with Gasteiger partial charge in [0.2, 0.25) is 5.91 Å². The highest BCUT2D eigenvalue weighted by Gasteiger charge is 2.02. The summed E-state index contributed by atoms with van der Waals surface area (Å²) < 4.78 is 0. The van der Waals surface area contributed by atoms with Gasteiger partial charge in [-0.15, -0.1) is 11.6 Å². The molecular formula is C11H10ClNO2. The molecule has 0 aliphatic heterocycles. The van der Waals surface area contributed by atoms with Crippen molar-refractivity contribution in [3.05, 3.63) is 41.5 Å². The molecule has 0 unspecified atom stereocenters. The molecule has 0 bridgehead atoms. The lowest BCUT2D eigenvalue weighted by Gasteiger charge is -1.97. The van der Waals surface area contributed by atoms with Gasteiger partial charge in [-0.2, -0.15) is 0 Å². The normalized spacial score (nSPS) is 10.5. The first-order valence-electron chi connectivity index (χ1n) is 4.30. The highest BCUT2D eigenvalue weighted by molar-refractivity contribution is 6.30. The number of nitrogens with two attached hydrogens (primary N) is 1. The number of carbonyl (C=O) groups excluding carboxylic acids is 2. The van der Waals surface area contributed by atoms with E-state index in [2.05, 4.69) is 0 Å². The summed E-state index contributed by atoms with van der Waals surface area (Å²) in [5.41, 5.74) is 6.30. The number of rotatable bonds is 4. The van der Waals surface area contributed by atoms with Crippen LogP contribution >= 0.6 is 11.6 Å². The van der Waals surface area contributed by atoms with Gasteiger partial charge in [-0.1, -0.05) is 24.3 Å². The first-order valence-corrected chi connectivity index (χ1v) is 4.83. The maximum absolute atomic E-state index is 11.2. The van der Waals surface area contributed by atoms with Crippen molar-refractivity contribution in [3.63, 3.8) is 0 Å². The first kappa shape index (κ1) is 11.5. The lowest BCUT2D eigenvalue weighted by molar-refractivity contribution is -0.113. The predicted octanol–water partition coefficient (Wildman–Crippen LogP) is 1.61. The standard InChI is InChI=1S/C11H10ClNO2/c12-7-10(14)9-4-1-8(2-5-9)3-6-11(13)15/h1-6H,7H2,(H2,13,15). The summed E-state index contributed by atoms with van der Waals surface area (Å²) in [5, 5.41) is 0. The van der Waals surface area contributed by atoms with E-state index in [1.807, 2.05) is 0 Å². The van der Waals surface area contributed by atoms with Crippen molar-refractivity contribution in [3.8, 4) is 0 Å². The molecule has 15 heavy (non-hydrogen) atoms. The van der Waals surface area contributed by atoms with Gasteiger partial charge in [0.25, 0.3) is 0 Å². The molecule has 0 heterocycles. The van der Waals surface area contributed by atoms with Gasteiger partial charge in [0.1, 0.15) is 0 Å². The Kier molecular flexibility index (Phi) is 4.06. The van der Waals surface area contributed by atoms with Gasteiger partial charge in [0, 0.05) is 11.6 Å².